The van der Waals surface area contributed by atoms with Crippen LogP contribution in [0.1, 0.15) is 19.2 Å². The molecule has 0 atom stereocenters. The first kappa shape index (κ1) is 13.7. The number of carbonyl (C=O) groups excluding carboxylic acids is 1. The summed E-state index contributed by atoms with van der Waals surface area (Å²) >= 11 is 0. The van der Waals surface area contributed by atoms with E-state index in [1.165, 1.54) is 0 Å². The summed E-state index contributed by atoms with van der Waals surface area (Å²) in [6.45, 7) is 5.91. The van der Waals surface area contributed by atoms with Gasteiger partial charge in [0, 0.05) is 30.9 Å². The Morgan fingerprint density at radius 3 is 2.93 bits per heavy atom. The zero-order chi connectivity index (χ0) is 10.4. The lowest BCUT2D eigenvalue weighted by Crippen LogP contribution is -2.25. The number of carbonyl (C=O) groups is 1. The Kier molecular flexibility index (Phi) is 6.45. The fraction of sp³-hybridized carbons (Fsp3) is 0.400. The van der Waals surface area contributed by atoms with Crippen LogP contribution in [0.3, 0.4) is 0 Å². The summed E-state index contributed by atoms with van der Waals surface area (Å²) in [6.07, 6.45) is 5.25. The second kappa shape index (κ2) is 7.06. The molecule has 0 saturated carbocycles. The summed E-state index contributed by atoms with van der Waals surface area (Å²) in [5.74, 6) is 0.874. The first-order valence-electron chi connectivity index (χ1n) is 4.62. The molecule has 0 aromatic carbocycles. The zero-order valence-corrected chi connectivity index (χ0v) is 9.56. The van der Waals surface area contributed by atoms with E-state index in [4.69, 9.17) is 0 Å². The highest BCUT2D eigenvalue weighted by Gasteiger charge is 2.00. The van der Waals surface area contributed by atoms with Crippen molar-refractivity contribution in [2.24, 2.45) is 0 Å². The van der Waals surface area contributed by atoms with Crippen LogP contribution < -0.4 is 5.32 Å². The Labute approximate surface area is 95.6 Å². The summed E-state index contributed by atoms with van der Waals surface area (Å²) in [5, 5.41) is 2.76. The molecule has 4 nitrogen and oxygen atoms in total. The van der Waals surface area contributed by atoms with Crippen molar-refractivity contribution in [3.05, 3.63) is 30.4 Å². The van der Waals surface area contributed by atoms with Crippen molar-refractivity contribution in [1.82, 2.24) is 15.3 Å². The Morgan fingerprint density at radius 2 is 2.40 bits per heavy atom. The number of aromatic nitrogens is 2. The highest BCUT2D eigenvalue weighted by molar-refractivity contribution is 5.91. The summed E-state index contributed by atoms with van der Waals surface area (Å²) in [4.78, 5) is 18.2. The van der Waals surface area contributed by atoms with E-state index < -0.39 is 0 Å². The third-order valence-corrected chi connectivity index (χ3v) is 1.82. The number of rotatable bonds is 5. The average molecular weight is 230 g/mol. The highest BCUT2D eigenvalue weighted by atomic mass is 35.5. The fourth-order valence-electron chi connectivity index (χ4n) is 1.04. The van der Waals surface area contributed by atoms with E-state index in [2.05, 4.69) is 21.9 Å². The standard InChI is InChI=1S/C10H15N3O.ClH/c1-8(2)10(14)13-5-3-4-9-11-6-7-12-9;/h6-7H,1,3-5H2,2H3,(H,11,12)(H,13,14);1H. The molecular formula is C10H16ClN3O. The molecule has 15 heavy (non-hydrogen) atoms. The van der Waals surface area contributed by atoms with Crippen LogP contribution in [0.4, 0.5) is 0 Å². The number of imidazole rings is 1. The normalized spacial score (nSPS) is 9.13. The average Bonchev–Trinajstić information content (AvgIpc) is 2.64. The van der Waals surface area contributed by atoms with Crippen molar-refractivity contribution in [3.63, 3.8) is 0 Å². The molecule has 1 aromatic rings. The Hall–Kier alpha value is -1.29. The Bertz CT molecular complexity index is 308. The minimum atomic E-state index is -0.0792. The molecule has 0 spiro atoms. The maximum absolute atomic E-state index is 11.1. The lowest BCUT2D eigenvalue weighted by atomic mass is 10.3. The predicted octanol–water partition coefficient (Wildman–Crippen LogP) is 1.46. The number of amides is 1. The van der Waals surface area contributed by atoms with Crippen LogP contribution in [-0.4, -0.2) is 22.4 Å². The van der Waals surface area contributed by atoms with Crippen LogP contribution in [0, 0.1) is 0 Å². The fourth-order valence-corrected chi connectivity index (χ4v) is 1.04. The van der Waals surface area contributed by atoms with E-state index in [1.54, 1.807) is 19.3 Å². The van der Waals surface area contributed by atoms with E-state index >= 15 is 0 Å². The maximum Gasteiger partial charge on any atom is 0.246 e. The molecule has 1 rings (SSSR count). The molecule has 0 bridgehead atoms. The monoisotopic (exact) mass is 229 g/mol. The van der Waals surface area contributed by atoms with E-state index in [0.29, 0.717) is 12.1 Å². The summed E-state index contributed by atoms with van der Waals surface area (Å²) < 4.78 is 0. The van der Waals surface area contributed by atoms with Gasteiger partial charge in [-0.1, -0.05) is 6.58 Å². The van der Waals surface area contributed by atoms with Gasteiger partial charge >= 0.3 is 0 Å². The molecule has 0 unspecified atom stereocenters. The van der Waals surface area contributed by atoms with Gasteiger partial charge in [0.15, 0.2) is 0 Å². The first-order chi connectivity index (χ1) is 6.70. The molecule has 0 aliphatic heterocycles. The summed E-state index contributed by atoms with van der Waals surface area (Å²) in [7, 11) is 0. The third kappa shape index (κ3) is 5.22. The highest BCUT2D eigenvalue weighted by Crippen LogP contribution is 1.94. The molecule has 0 fully saturated rings. The second-order valence-electron chi connectivity index (χ2n) is 3.18. The van der Waals surface area contributed by atoms with Crippen molar-refractivity contribution >= 4 is 18.3 Å². The Balaban J connectivity index is 0.00000196. The quantitative estimate of drug-likeness (QED) is 0.593. The number of halogens is 1. The number of aromatic amines is 1. The molecular weight excluding hydrogens is 214 g/mol. The van der Waals surface area contributed by atoms with Gasteiger partial charge in [0.05, 0.1) is 0 Å². The molecule has 0 aliphatic carbocycles. The van der Waals surface area contributed by atoms with Crippen LogP contribution >= 0.6 is 12.4 Å². The molecule has 84 valence electrons. The van der Waals surface area contributed by atoms with E-state index in [0.717, 1.165) is 18.7 Å². The minimum Gasteiger partial charge on any atom is -0.352 e. The lowest BCUT2D eigenvalue weighted by Gasteiger charge is -2.02. The van der Waals surface area contributed by atoms with E-state index in [-0.39, 0.29) is 18.3 Å². The number of nitrogens with one attached hydrogen (secondary N) is 2. The van der Waals surface area contributed by atoms with Gasteiger partial charge in [-0.15, -0.1) is 12.4 Å². The van der Waals surface area contributed by atoms with Crippen molar-refractivity contribution in [2.45, 2.75) is 19.8 Å². The molecule has 1 heterocycles. The minimum absolute atomic E-state index is 0. The molecule has 1 amide bonds. The van der Waals surface area contributed by atoms with Gasteiger partial charge in [-0.3, -0.25) is 4.79 Å². The van der Waals surface area contributed by atoms with Crippen molar-refractivity contribution in [1.29, 1.82) is 0 Å². The van der Waals surface area contributed by atoms with Gasteiger partial charge in [-0.2, -0.15) is 0 Å². The van der Waals surface area contributed by atoms with Crippen molar-refractivity contribution in [3.8, 4) is 0 Å². The number of H-pyrrole nitrogens is 1. The van der Waals surface area contributed by atoms with Crippen LogP contribution in [0.15, 0.2) is 24.5 Å². The number of aryl methyl sites for hydroxylation is 1. The van der Waals surface area contributed by atoms with Gasteiger partial charge < -0.3 is 10.3 Å². The predicted molar refractivity (Wildman–Crippen MR) is 62.0 cm³/mol. The first-order valence-corrected chi connectivity index (χ1v) is 4.62. The summed E-state index contributed by atoms with van der Waals surface area (Å²) in [5.41, 5.74) is 0.544. The maximum atomic E-state index is 11.1. The van der Waals surface area contributed by atoms with Crippen LogP contribution in [0.5, 0.6) is 0 Å². The Morgan fingerprint density at radius 1 is 1.67 bits per heavy atom. The molecule has 0 aliphatic rings. The van der Waals surface area contributed by atoms with Gasteiger partial charge in [-0.25, -0.2) is 4.98 Å². The van der Waals surface area contributed by atoms with Crippen molar-refractivity contribution < 1.29 is 4.79 Å². The van der Waals surface area contributed by atoms with E-state index in [1.807, 2.05) is 0 Å². The van der Waals surface area contributed by atoms with Crippen LogP contribution in [0.2, 0.25) is 0 Å². The molecule has 2 N–H and O–H groups in total. The van der Waals surface area contributed by atoms with Crippen LogP contribution in [0.25, 0.3) is 0 Å². The molecule has 1 aromatic heterocycles. The second-order valence-corrected chi connectivity index (χ2v) is 3.18. The van der Waals surface area contributed by atoms with Gasteiger partial charge in [0.25, 0.3) is 0 Å². The molecule has 0 radical (unpaired) electrons. The molecule has 0 saturated heterocycles. The lowest BCUT2D eigenvalue weighted by molar-refractivity contribution is -0.117. The van der Waals surface area contributed by atoms with E-state index in [9.17, 15) is 4.79 Å². The number of hydrogen-bond donors (Lipinski definition) is 2. The smallest absolute Gasteiger partial charge is 0.246 e. The van der Waals surface area contributed by atoms with Gasteiger partial charge in [-0.05, 0) is 13.3 Å². The number of hydrogen-bond acceptors (Lipinski definition) is 2. The van der Waals surface area contributed by atoms with Gasteiger partial charge in [0.1, 0.15) is 5.82 Å². The zero-order valence-electron chi connectivity index (χ0n) is 8.75. The molecule has 5 heteroatoms. The topological polar surface area (TPSA) is 57.8 Å². The third-order valence-electron chi connectivity index (χ3n) is 1.82. The summed E-state index contributed by atoms with van der Waals surface area (Å²) in [6, 6.07) is 0. The van der Waals surface area contributed by atoms with Gasteiger partial charge in [0.2, 0.25) is 5.91 Å². The van der Waals surface area contributed by atoms with Crippen molar-refractivity contribution in [2.75, 3.05) is 6.54 Å². The SMILES string of the molecule is C=C(C)C(=O)NCCCc1ncc[nH]1.Cl. The largest absolute Gasteiger partial charge is 0.352 e. The number of nitrogens with zero attached hydrogens (tertiary/aromatic N) is 1. The van der Waals surface area contributed by atoms with Crippen LogP contribution in [-0.2, 0) is 11.2 Å².